The fourth-order valence-electron chi connectivity index (χ4n) is 1.38. The number of rotatable bonds is 9. The number of hydrogen-bond acceptors (Lipinski definition) is 4. The summed E-state index contributed by atoms with van der Waals surface area (Å²) in [5, 5.41) is 22.7. The first-order chi connectivity index (χ1) is 10.2. The molecule has 0 aromatic heterocycles. The van der Waals surface area contributed by atoms with E-state index in [4.69, 9.17) is 21.1 Å². The molecule has 0 aliphatic rings. The molecule has 138 valence electrons. The zero-order valence-electron chi connectivity index (χ0n) is 15.3. The fourth-order valence-corrected chi connectivity index (χ4v) is 1.38. The van der Waals surface area contributed by atoms with Crippen LogP contribution in [0.4, 0.5) is 0 Å². The van der Waals surface area contributed by atoms with Gasteiger partial charge < -0.3 is 28.0 Å². The summed E-state index contributed by atoms with van der Waals surface area (Å²) in [7, 11) is 0. The zero-order chi connectivity index (χ0) is 17.2. The van der Waals surface area contributed by atoms with Gasteiger partial charge in [0.2, 0.25) is 0 Å². The summed E-state index contributed by atoms with van der Waals surface area (Å²) in [6.45, 7) is 10.5. The van der Waals surface area contributed by atoms with Gasteiger partial charge in [-0.15, -0.1) is 0 Å². The van der Waals surface area contributed by atoms with Crippen molar-refractivity contribution >= 4 is 0 Å². The average molecular weight is 356 g/mol. The van der Waals surface area contributed by atoms with Crippen molar-refractivity contribution in [3.05, 3.63) is 6.92 Å². The van der Waals surface area contributed by atoms with Crippen molar-refractivity contribution in [2.45, 2.75) is 78.6 Å². The van der Waals surface area contributed by atoms with Crippen LogP contribution in [-0.2, 0) is 21.7 Å². The van der Waals surface area contributed by atoms with Crippen LogP contribution in [0.3, 0.4) is 0 Å². The molecular formula is C17H42NO3Ti-. The first-order valence-corrected chi connectivity index (χ1v) is 8.48. The minimum absolute atomic E-state index is 0. The van der Waals surface area contributed by atoms with Gasteiger partial charge in [-0.1, -0.05) is 44.9 Å². The number of aliphatic hydroxyl groups excluding tert-OH is 3. The molecule has 0 heterocycles. The molecule has 22 heavy (non-hydrogen) atoms. The normalized spacial score (nSPS) is 8.18. The third-order valence-corrected chi connectivity index (χ3v) is 2.20. The molecule has 0 unspecified atom stereocenters. The van der Waals surface area contributed by atoms with E-state index in [2.05, 4.69) is 6.92 Å². The van der Waals surface area contributed by atoms with Gasteiger partial charge >= 0.3 is 0 Å². The van der Waals surface area contributed by atoms with Crippen molar-refractivity contribution in [2.24, 2.45) is 5.73 Å². The molecule has 0 amide bonds. The Balaban J connectivity index is -0.0000000802. The van der Waals surface area contributed by atoms with Crippen LogP contribution in [0.25, 0.3) is 0 Å². The molecule has 0 aromatic carbocycles. The predicted molar refractivity (Wildman–Crippen MR) is 94.2 cm³/mol. The second-order valence-electron chi connectivity index (χ2n) is 4.42. The van der Waals surface area contributed by atoms with Gasteiger partial charge in [0.05, 0.1) is 0 Å². The summed E-state index contributed by atoms with van der Waals surface area (Å²) < 4.78 is 0. The van der Waals surface area contributed by atoms with Gasteiger partial charge in [0.1, 0.15) is 0 Å². The minimum atomic E-state index is 0. The number of aliphatic hydroxyl groups is 3. The maximum absolute atomic E-state index is 7.57. The van der Waals surface area contributed by atoms with Crippen molar-refractivity contribution in [2.75, 3.05) is 26.4 Å². The van der Waals surface area contributed by atoms with Crippen molar-refractivity contribution in [3.8, 4) is 0 Å². The van der Waals surface area contributed by atoms with E-state index in [1.54, 1.807) is 20.8 Å². The Bertz CT molecular complexity index is 105. The quantitative estimate of drug-likeness (QED) is 0.290. The van der Waals surface area contributed by atoms with Gasteiger partial charge in [-0.25, -0.2) is 0 Å². The molecule has 0 bridgehead atoms. The SMILES string of the molecule is CCO.CCO.CCO.[CH2-]CCCCCCCCCCN.[Ti]. The van der Waals surface area contributed by atoms with Gasteiger partial charge in [0.15, 0.2) is 0 Å². The predicted octanol–water partition coefficient (Wildman–Crippen LogP) is 3.28. The Labute approximate surface area is 154 Å². The Morgan fingerprint density at radius 2 is 0.864 bits per heavy atom. The van der Waals surface area contributed by atoms with Gasteiger partial charge in [0, 0.05) is 41.5 Å². The maximum Gasteiger partial charge on any atom is 0.0402 e. The van der Waals surface area contributed by atoms with Crippen LogP contribution in [0.15, 0.2) is 0 Å². The number of nitrogens with two attached hydrogens (primary N) is 1. The molecule has 0 fully saturated rings. The van der Waals surface area contributed by atoms with E-state index in [0.29, 0.717) is 0 Å². The van der Waals surface area contributed by atoms with E-state index in [-0.39, 0.29) is 41.5 Å². The molecule has 0 rings (SSSR count). The smallest absolute Gasteiger partial charge is 0.0402 e. The molecule has 0 aliphatic carbocycles. The standard InChI is InChI=1S/C11H24N.3C2H6O.Ti/c1-2-3-4-5-6-7-8-9-10-11-12;3*1-2-3;/h1-12H2;3*3H,2H2,1H3;/q-1;;;;. The molecule has 0 atom stereocenters. The summed E-state index contributed by atoms with van der Waals surface area (Å²) in [6.07, 6.45) is 11.9. The monoisotopic (exact) mass is 356 g/mol. The maximum atomic E-state index is 7.57. The van der Waals surface area contributed by atoms with Gasteiger partial charge in [-0.3, -0.25) is 0 Å². The number of unbranched alkanes of at least 4 members (excludes halogenated alkanes) is 8. The molecular weight excluding hydrogens is 314 g/mol. The molecule has 0 radical (unpaired) electrons. The summed E-state index contributed by atoms with van der Waals surface area (Å²) >= 11 is 0. The fraction of sp³-hybridized carbons (Fsp3) is 0.941. The molecule has 4 nitrogen and oxygen atoms in total. The summed E-state index contributed by atoms with van der Waals surface area (Å²) in [5.74, 6) is 0. The summed E-state index contributed by atoms with van der Waals surface area (Å²) in [4.78, 5) is 0. The van der Waals surface area contributed by atoms with E-state index in [0.717, 1.165) is 13.0 Å². The van der Waals surface area contributed by atoms with Crippen LogP contribution in [-0.4, -0.2) is 41.7 Å². The number of hydrogen-bond donors (Lipinski definition) is 4. The molecule has 0 saturated heterocycles. The van der Waals surface area contributed by atoms with Gasteiger partial charge in [-0.05, 0) is 33.7 Å². The molecule has 5 heteroatoms. The third kappa shape index (κ3) is 86.1. The first-order valence-electron chi connectivity index (χ1n) is 8.48. The summed E-state index contributed by atoms with van der Waals surface area (Å²) in [6, 6.07) is 0. The van der Waals surface area contributed by atoms with Crippen molar-refractivity contribution in [3.63, 3.8) is 0 Å². The summed E-state index contributed by atoms with van der Waals surface area (Å²) in [5.41, 5.74) is 5.40. The van der Waals surface area contributed by atoms with Gasteiger partial charge in [0.25, 0.3) is 0 Å². The van der Waals surface area contributed by atoms with E-state index in [1.165, 1.54) is 51.4 Å². The average Bonchev–Trinajstić information content (AvgIpc) is 2.44. The van der Waals surface area contributed by atoms with E-state index >= 15 is 0 Å². The largest absolute Gasteiger partial charge is 0.397 e. The Morgan fingerprint density at radius 3 is 1.09 bits per heavy atom. The zero-order valence-corrected chi connectivity index (χ0v) is 16.9. The van der Waals surface area contributed by atoms with Crippen LogP contribution in [0.2, 0.25) is 0 Å². The van der Waals surface area contributed by atoms with Crippen molar-refractivity contribution in [1.82, 2.24) is 0 Å². The molecule has 0 spiro atoms. The van der Waals surface area contributed by atoms with Crippen LogP contribution >= 0.6 is 0 Å². The van der Waals surface area contributed by atoms with E-state index in [1.807, 2.05) is 0 Å². The van der Waals surface area contributed by atoms with E-state index < -0.39 is 0 Å². The topological polar surface area (TPSA) is 86.7 Å². The van der Waals surface area contributed by atoms with Crippen LogP contribution < -0.4 is 5.73 Å². The molecule has 5 N–H and O–H groups in total. The first kappa shape index (κ1) is 34.0. The Kier molecular flexibility index (Phi) is 76.6. The second-order valence-corrected chi connectivity index (χ2v) is 4.42. The third-order valence-electron chi connectivity index (χ3n) is 2.20. The van der Waals surface area contributed by atoms with Crippen molar-refractivity contribution < 1.29 is 37.0 Å². The Morgan fingerprint density at radius 1 is 0.636 bits per heavy atom. The van der Waals surface area contributed by atoms with Crippen LogP contribution in [0.5, 0.6) is 0 Å². The second kappa shape index (κ2) is 49.6. The molecule has 0 aromatic rings. The van der Waals surface area contributed by atoms with E-state index in [9.17, 15) is 0 Å². The van der Waals surface area contributed by atoms with Crippen LogP contribution in [0.1, 0.15) is 78.6 Å². The van der Waals surface area contributed by atoms with Crippen molar-refractivity contribution in [1.29, 1.82) is 0 Å². The van der Waals surface area contributed by atoms with Crippen LogP contribution in [0, 0.1) is 6.92 Å². The Hall–Kier alpha value is 0.554. The minimum Gasteiger partial charge on any atom is -0.397 e. The molecule has 0 aliphatic heterocycles. The van der Waals surface area contributed by atoms with Gasteiger partial charge in [-0.2, -0.15) is 6.42 Å². The molecule has 0 saturated carbocycles.